The van der Waals surface area contributed by atoms with E-state index in [9.17, 15) is 19.2 Å². The van der Waals surface area contributed by atoms with Crippen molar-refractivity contribution in [1.29, 1.82) is 0 Å². The number of carbonyl (C=O) groups is 4. The molecule has 4 N–H and O–H groups in total. The van der Waals surface area contributed by atoms with E-state index in [2.05, 4.69) is 0 Å². The summed E-state index contributed by atoms with van der Waals surface area (Å²) >= 11 is 0. The van der Waals surface area contributed by atoms with Gasteiger partial charge in [0.1, 0.15) is 0 Å². The van der Waals surface area contributed by atoms with Crippen molar-refractivity contribution in [2.24, 2.45) is 0 Å². The molecule has 0 aliphatic carbocycles. The van der Waals surface area contributed by atoms with Gasteiger partial charge in [0.2, 0.25) is 0 Å². The molecule has 0 spiro atoms. The molecule has 23 heavy (non-hydrogen) atoms. The summed E-state index contributed by atoms with van der Waals surface area (Å²) in [5.74, 6) is -4.91. The maximum absolute atomic E-state index is 10.6. The van der Waals surface area contributed by atoms with Crippen LogP contribution in [-0.2, 0) is 36.2 Å². The first-order valence-electron chi connectivity index (χ1n) is 5.52. The van der Waals surface area contributed by atoms with Gasteiger partial charge >= 0.3 is 83.0 Å². The number of carboxylic acid groups (broad SMARTS) is 4. The zero-order chi connectivity index (χ0) is 15.7. The minimum absolute atomic E-state index is 0. The van der Waals surface area contributed by atoms with Crippen LogP contribution in [0.1, 0.15) is 0 Å². The fraction of sp³-hybridized carbons (Fsp3) is 0.600. The van der Waals surface area contributed by atoms with Crippen molar-refractivity contribution in [1.82, 2.24) is 9.80 Å². The number of nitrogens with zero attached hydrogens (tertiary/aromatic N) is 2. The maximum atomic E-state index is 10.6. The van der Waals surface area contributed by atoms with Crippen LogP contribution < -0.4 is 0 Å². The second kappa shape index (κ2) is 17.2. The van der Waals surface area contributed by atoms with E-state index in [1.54, 1.807) is 0 Å². The molecule has 0 saturated heterocycles. The van der Waals surface area contributed by atoms with Crippen molar-refractivity contribution in [3.05, 3.63) is 0 Å². The van der Waals surface area contributed by atoms with Crippen LogP contribution in [0.2, 0.25) is 0 Å². The quantitative estimate of drug-likeness (QED) is 0.257. The van der Waals surface area contributed by atoms with Crippen LogP contribution in [0.3, 0.4) is 0 Å². The molecule has 0 unspecified atom stereocenters. The molecule has 0 saturated carbocycles. The summed E-state index contributed by atoms with van der Waals surface area (Å²) < 4.78 is 0. The summed E-state index contributed by atoms with van der Waals surface area (Å²) in [4.78, 5) is 44.4. The molecule has 0 aromatic heterocycles. The van der Waals surface area contributed by atoms with Gasteiger partial charge < -0.3 is 20.4 Å². The predicted molar refractivity (Wildman–Crippen MR) is 77.7 cm³/mol. The van der Waals surface area contributed by atoms with Crippen molar-refractivity contribution in [3.63, 3.8) is 0 Å². The number of hydrogen-bond donors (Lipinski definition) is 4. The molecule has 0 fully saturated rings. The van der Waals surface area contributed by atoms with E-state index in [0.717, 1.165) is 9.80 Å². The van der Waals surface area contributed by atoms with Crippen LogP contribution in [0.5, 0.6) is 0 Å². The van der Waals surface area contributed by atoms with Crippen molar-refractivity contribution >= 4 is 83.0 Å². The molecule has 129 valence electrons. The van der Waals surface area contributed by atoms with E-state index in [-0.39, 0.29) is 89.3 Å². The van der Waals surface area contributed by atoms with Gasteiger partial charge in [-0.05, 0) is 0 Å². The number of carboxylic acids is 4. The molecular weight excluding hydrogens is 386 g/mol. The third-order valence-corrected chi connectivity index (χ3v) is 2.17. The first kappa shape index (κ1) is 31.1. The molecule has 0 aromatic carbocycles. The third kappa shape index (κ3) is 20.3. The minimum atomic E-state index is -1.23. The first-order chi connectivity index (χ1) is 9.20. The SMILES string of the molecule is O=C(O)CN(CCN(CC(=O)O)CC(=O)O)CC(=O)O.[Cu].[NaH].[NaH]. The predicted octanol–water partition coefficient (Wildman–Crippen LogP) is -3.37. The average molecular weight is 404 g/mol. The normalized spacial score (nSPS) is 9.30. The molecule has 1 radical (unpaired) electrons. The van der Waals surface area contributed by atoms with Gasteiger partial charge in [-0.25, -0.2) is 0 Å². The Labute approximate surface area is 187 Å². The monoisotopic (exact) mass is 403 g/mol. The Morgan fingerprint density at radius 2 is 0.739 bits per heavy atom. The Balaban J connectivity index is -0.000000602. The molecule has 0 bridgehead atoms. The van der Waals surface area contributed by atoms with Crippen LogP contribution in [0.4, 0.5) is 0 Å². The van der Waals surface area contributed by atoms with Gasteiger partial charge in [0.15, 0.2) is 0 Å². The summed E-state index contributed by atoms with van der Waals surface area (Å²) in [6.07, 6.45) is 0. The zero-order valence-corrected chi connectivity index (χ0v) is 11.8. The van der Waals surface area contributed by atoms with E-state index >= 15 is 0 Å². The van der Waals surface area contributed by atoms with Gasteiger partial charge in [0, 0.05) is 30.2 Å². The summed E-state index contributed by atoms with van der Waals surface area (Å²) in [5.41, 5.74) is 0. The Morgan fingerprint density at radius 3 is 0.870 bits per heavy atom. The molecule has 0 amide bonds. The topological polar surface area (TPSA) is 156 Å². The standard InChI is InChI=1S/C10H16N2O8.Cu.2Na.2H/c13-7(14)3-11(4-8(15)16)1-2-12(5-9(17)18)6-10(19)20;;;;;/h1-6H2,(H,13,14)(H,15,16)(H,17,18)(H,19,20);;;;;. The van der Waals surface area contributed by atoms with Crippen molar-refractivity contribution < 1.29 is 56.7 Å². The molecule has 13 heteroatoms. The van der Waals surface area contributed by atoms with Crippen LogP contribution in [0.25, 0.3) is 0 Å². The summed E-state index contributed by atoms with van der Waals surface area (Å²) in [7, 11) is 0. The van der Waals surface area contributed by atoms with Crippen LogP contribution in [0.15, 0.2) is 0 Å². The summed E-state index contributed by atoms with van der Waals surface area (Å²) in [5, 5.41) is 34.5. The molecule has 0 rings (SSSR count). The van der Waals surface area contributed by atoms with E-state index in [1.165, 1.54) is 0 Å². The van der Waals surface area contributed by atoms with Crippen LogP contribution >= 0.6 is 0 Å². The molecular formula is C10H18CuN2Na2O8. The van der Waals surface area contributed by atoms with Crippen molar-refractivity contribution in [2.45, 2.75) is 0 Å². The van der Waals surface area contributed by atoms with E-state index in [1.807, 2.05) is 0 Å². The van der Waals surface area contributed by atoms with Crippen molar-refractivity contribution in [3.8, 4) is 0 Å². The van der Waals surface area contributed by atoms with E-state index < -0.39 is 50.1 Å². The number of hydrogen-bond acceptors (Lipinski definition) is 6. The van der Waals surface area contributed by atoms with Crippen LogP contribution in [-0.4, -0.2) is 152 Å². The van der Waals surface area contributed by atoms with Gasteiger partial charge in [-0.15, -0.1) is 0 Å². The second-order valence-electron chi connectivity index (χ2n) is 4.00. The van der Waals surface area contributed by atoms with Gasteiger partial charge in [-0.2, -0.15) is 0 Å². The molecule has 0 aliphatic heterocycles. The number of rotatable bonds is 11. The van der Waals surface area contributed by atoms with Gasteiger partial charge in [0.25, 0.3) is 0 Å². The first-order valence-corrected chi connectivity index (χ1v) is 5.52. The molecule has 10 nitrogen and oxygen atoms in total. The Kier molecular flexibility index (Phi) is 23.2. The fourth-order valence-electron chi connectivity index (χ4n) is 1.48. The Bertz CT molecular complexity index is 331. The molecule has 0 aromatic rings. The molecule has 0 aliphatic rings. The summed E-state index contributed by atoms with van der Waals surface area (Å²) in [6.45, 7) is -2.25. The third-order valence-electron chi connectivity index (χ3n) is 2.17. The Morgan fingerprint density at radius 1 is 0.565 bits per heavy atom. The Hall–Kier alpha value is 0.319. The van der Waals surface area contributed by atoms with Crippen LogP contribution in [0, 0.1) is 0 Å². The van der Waals surface area contributed by atoms with Crippen molar-refractivity contribution in [2.75, 3.05) is 39.3 Å². The van der Waals surface area contributed by atoms with Gasteiger partial charge in [-0.1, -0.05) is 0 Å². The molecule has 0 heterocycles. The zero-order valence-electron chi connectivity index (χ0n) is 10.9. The van der Waals surface area contributed by atoms with E-state index in [4.69, 9.17) is 20.4 Å². The van der Waals surface area contributed by atoms with Gasteiger partial charge in [-0.3, -0.25) is 29.0 Å². The number of aliphatic carboxylic acids is 4. The van der Waals surface area contributed by atoms with Gasteiger partial charge in [0.05, 0.1) is 26.2 Å². The average Bonchev–Trinajstić information content (AvgIpc) is 2.22. The van der Waals surface area contributed by atoms with E-state index in [0.29, 0.717) is 0 Å². The fourth-order valence-corrected chi connectivity index (χ4v) is 1.48. The second-order valence-corrected chi connectivity index (χ2v) is 4.00. The molecule has 0 atom stereocenters. The summed E-state index contributed by atoms with van der Waals surface area (Å²) in [6, 6.07) is 0.